The molecule has 0 saturated heterocycles. The summed E-state index contributed by atoms with van der Waals surface area (Å²) in [6.45, 7) is 0. The number of rotatable bonds is 4. The number of aryl methyl sites for hydroxylation is 1. The maximum atomic E-state index is 12.3. The van der Waals surface area contributed by atoms with Crippen LogP contribution in [0.2, 0.25) is 0 Å². The van der Waals surface area contributed by atoms with Crippen molar-refractivity contribution >= 4 is 21.4 Å². The highest BCUT2D eigenvalue weighted by Gasteiger charge is 2.16. The average molecular weight is 309 g/mol. The van der Waals surface area contributed by atoms with Crippen LogP contribution in [0.15, 0.2) is 46.2 Å². The maximum absolute atomic E-state index is 12.3. The summed E-state index contributed by atoms with van der Waals surface area (Å²) >= 11 is 0. The Labute approximate surface area is 122 Å². The molecular formula is C13H15N3O4S. The molecule has 0 aliphatic carbocycles. The molecule has 7 nitrogen and oxygen atoms in total. The summed E-state index contributed by atoms with van der Waals surface area (Å²) in [7, 11) is -0.811. The number of nitrogen functional groups attached to an aromatic ring is 1. The molecule has 0 radical (unpaired) electrons. The molecule has 1 aromatic heterocycles. The molecule has 112 valence electrons. The van der Waals surface area contributed by atoms with Gasteiger partial charge < -0.3 is 15.0 Å². The van der Waals surface area contributed by atoms with Gasteiger partial charge in [-0.1, -0.05) is 0 Å². The second-order valence-electron chi connectivity index (χ2n) is 4.38. The first-order valence-corrected chi connectivity index (χ1v) is 7.45. The second kappa shape index (κ2) is 5.49. The summed E-state index contributed by atoms with van der Waals surface area (Å²) in [5, 5.41) is 0. The number of anilines is 2. The van der Waals surface area contributed by atoms with Gasteiger partial charge >= 0.3 is 0 Å². The minimum atomic E-state index is -3.79. The Bertz CT molecular complexity index is 828. The van der Waals surface area contributed by atoms with E-state index in [2.05, 4.69) is 4.72 Å². The van der Waals surface area contributed by atoms with Gasteiger partial charge in [-0.25, -0.2) is 8.42 Å². The predicted molar refractivity (Wildman–Crippen MR) is 79.9 cm³/mol. The van der Waals surface area contributed by atoms with Gasteiger partial charge in [-0.2, -0.15) is 0 Å². The number of benzene rings is 1. The molecule has 1 heterocycles. The van der Waals surface area contributed by atoms with Gasteiger partial charge in [-0.05, 0) is 24.3 Å². The Morgan fingerprint density at radius 1 is 1.24 bits per heavy atom. The Morgan fingerprint density at radius 2 is 1.95 bits per heavy atom. The summed E-state index contributed by atoms with van der Waals surface area (Å²) in [5.41, 5.74) is 5.98. The van der Waals surface area contributed by atoms with Crippen molar-refractivity contribution in [1.29, 1.82) is 0 Å². The van der Waals surface area contributed by atoms with Crippen molar-refractivity contribution in [2.24, 2.45) is 7.05 Å². The zero-order chi connectivity index (χ0) is 15.6. The number of nitrogens with one attached hydrogen (secondary N) is 1. The van der Waals surface area contributed by atoms with Crippen molar-refractivity contribution in [1.82, 2.24) is 4.57 Å². The van der Waals surface area contributed by atoms with E-state index in [1.807, 2.05) is 0 Å². The lowest BCUT2D eigenvalue weighted by molar-refractivity contribution is 0.416. The van der Waals surface area contributed by atoms with Crippen molar-refractivity contribution in [3.8, 4) is 5.75 Å². The standard InChI is InChI=1S/C13H15N3O4S/c1-16-8-9(3-6-13(16)17)15-21(18,19)10-4-5-12(20-2)11(14)7-10/h3-8,15H,14H2,1-2H3. The topological polar surface area (TPSA) is 103 Å². The number of ether oxygens (including phenoxy) is 1. The molecule has 0 unspecified atom stereocenters. The Balaban J connectivity index is 2.35. The van der Waals surface area contributed by atoms with Crippen LogP contribution in [0, 0.1) is 0 Å². The van der Waals surface area contributed by atoms with Crippen LogP contribution in [0.5, 0.6) is 5.75 Å². The van der Waals surface area contributed by atoms with Gasteiger partial charge in [0.2, 0.25) is 5.56 Å². The van der Waals surface area contributed by atoms with E-state index in [9.17, 15) is 13.2 Å². The second-order valence-corrected chi connectivity index (χ2v) is 6.06. The molecule has 0 fully saturated rings. The van der Waals surface area contributed by atoms with Crippen LogP contribution in [0.1, 0.15) is 0 Å². The van der Waals surface area contributed by atoms with Crippen LogP contribution >= 0.6 is 0 Å². The normalized spacial score (nSPS) is 11.1. The van der Waals surface area contributed by atoms with Crippen LogP contribution in [0.25, 0.3) is 0 Å². The van der Waals surface area contributed by atoms with E-state index in [1.54, 1.807) is 0 Å². The van der Waals surface area contributed by atoms with E-state index in [0.29, 0.717) is 5.75 Å². The third-order valence-corrected chi connectivity index (χ3v) is 4.23. The molecule has 2 rings (SSSR count). The molecular weight excluding hydrogens is 294 g/mol. The lowest BCUT2D eigenvalue weighted by Gasteiger charge is -2.11. The van der Waals surface area contributed by atoms with Crippen molar-refractivity contribution in [3.05, 3.63) is 46.9 Å². The first-order chi connectivity index (χ1) is 9.83. The lowest BCUT2D eigenvalue weighted by atomic mass is 10.3. The Morgan fingerprint density at radius 3 is 2.52 bits per heavy atom. The van der Waals surface area contributed by atoms with E-state index >= 15 is 0 Å². The average Bonchev–Trinajstić information content (AvgIpc) is 2.42. The van der Waals surface area contributed by atoms with Crippen LogP contribution < -0.4 is 20.8 Å². The van der Waals surface area contributed by atoms with Crippen molar-refractivity contribution in [3.63, 3.8) is 0 Å². The summed E-state index contributed by atoms with van der Waals surface area (Å²) in [4.78, 5) is 11.3. The van der Waals surface area contributed by atoms with Crippen molar-refractivity contribution in [2.45, 2.75) is 4.90 Å². The number of sulfonamides is 1. The molecule has 3 N–H and O–H groups in total. The molecule has 0 spiro atoms. The van der Waals surface area contributed by atoms with Crippen LogP contribution in [0.4, 0.5) is 11.4 Å². The molecule has 0 aliphatic heterocycles. The number of methoxy groups -OCH3 is 1. The van der Waals surface area contributed by atoms with Crippen LogP contribution in [-0.2, 0) is 17.1 Å². The molecule has 0 saturated carbocycles. The van der Waals surface area contributed by atoms with E-state index in [4.69, 9.17) is 10.5 Å². The third kappa shape index (κ3) is 3.16. The summed E-state index contributed by atoms with van der Waals surface area (Å²) in [5.74, 6) is 0.399. The molecule has 8 heteroatoms. The molecule has 21 heavy (non-hydrogen) atoms. The van der Waals surface area contributed by atoms with Crippen LogP contribution in [0.3, 0.4) is 0 Å². The highest BCUT2D eigenvalue weighted by molar-refractivity contribution is 7.92. The van der Waals surface area contributed by atoms with Gasteiger partial charge in [0, 0.05) is 19.3 Å². The monoisotopic (exact) mass is 309 g/mol. The van der Waals surface area contributed by atoms with Gasteiger partial charge in [-0.3, -0.25) is 9.52 Å². The lowest BCUT2D eigenvalue weighted by Crippen LogP contribution is -2.18. The summed E-state index contributed by atoms with van der Waals surface area (Å²) < 4.78 is 33.2. The smallest absolute Gasteiger partial charge is 0.262 e. The van der Waals surface area contributed by atoms with Crippen molar-refractivity contribution < 1.29 is 13.2 Å². The van der Waals surface area contributed by atoms with Crippen molar-refractivity contribution in [2.75, 3.05) is 17.6 Å². The largest absolute Gasteiger partial charge is 0.495 e. The Hall–Kier alpha value is -2.48. The molecule has 0 aliphatic rings. The molecule has 0 atom stereocenters. The van der Waals surface area contributed by atoms with E-state index < -0.39 is 10.0 Å². The fraction of sp³-hybridized carbons (Fsp3) is 0.154. The quantitative estimate of drug-likeness (QED) is 0.812. The first kappa shape index (κ1) is 14.9. The van der Waals surface area contributed by atoms with E-state index in [-0.39, 0.29) is 21.8 Å². The fourth-order valence-corrected chi connectivity index (χ4v) is 2.83. The molecule has 0 amide bonds. The first-order valence-electron chi connectivity index (χ1n) is 5.96. The number of hydrogen-bond donors (Lipinski definition) is 2. The van der Waals surface area contributed by atoms with Gasteiger partial charge in [0.15, 0.2) is 0 Å². The summed E-state index contributed by atoms with van der Waals surface area (Å²) in [6.07, 6.45) is 1.40. The SMILES string of the molecule is COc1ccc(S(=O)(=O)Nc2ccc(=O)n(C)c2)cc1N. The maximum Gasteiger partial charge on any atom is 0.262 e. The minimum absolute atomic E-state index is 0.00894. The number of hydrogen-bond acceptors (Lipinski definition) is 5. The van der Waals surface area contributed by atoms with Gasteiger partial charge in [-0.15, -0.1) is 0 Å². The third-order valence-electron chi connectivity index (χ3n) is 2.85. The number of nitrogens with zero attached hydrogens (tertiary/aromatic N) is 1. The number of aromatic nitrogens is 1. The van der Waals surface area contributed by atoms with Crippen LogP contribution in [-0.4, -0.2) is 20.1 Å². The summed E-state index contributed by atoms with van der Waals surface area (Å²) in [6, 6.07) is 6.85. The number of nitrogens with two attached hydrogens (primary N) is 1. The zero-order valence-corrected chi connectivity index (χ0v) is 12.3. The minimum Gasteiger partial charge on any atom is -0.495 e. The van der Waals surface area contributed by atoms with E-state index in [0.717, 1.165) is 0 Å². The predicted octanol–water partition coefficient (Wildman–Crippen LogP) is 0.777. The zero-order valence-electron chi connectivity index (χ0n) is 11.5. The molecule has 1 aromatic carbocycles. The molecule has 0 bridgehead atoms. The van der Waals surface area contributed by atoms with Gasteiger partial charge in [0.05, 0.1) is 23.4 Å². The highest BCUT2D eigenvalue weighted by atomic mass is 32.2. The van der Waals surface area contributed by atoms with Gasteiger partial charge in [0.25, 0.3) is 10.0 Å². The molecule has 2 aromatic rings. The fourth-order valence-electron chi connectivity index (χ4n) is 1.75. The Kier molecular flexibility index (Phi) is 3.90. The van der Waals surface area contributed by atoms with E-state index in [1.165, 1.54) is 55.3 Å². The van der Waals surface area contributed by atoms with Gasteiger partial charge in [0.1, 0.15) is 5.75 Å². The number of pyridine rings is 1. The highest BCUT2D eigenvalue weighted by Crippen LogP contribution is 2.25.